The highest BCUT2D eigenvalue weighted by Crippen LogP contribution is 2.31. The normalized spacial score (nSPS) is 13.8. The van der Waals surface area contributed by atoms with Gasteiger partial charge in [0, 0.05) is 42.7 Å². The van der Waals surface area contributed by atoms with Gasteiger partial charge in [0.2, 0.25) is 5.91 Å². The van der Waals surface area contributed by atoms with Crippen molar-refractivity contribution in [1.29, 1.82) is 0 Å². The van der Waals surface area contributed by atoms with E-state index in [0.717, 1.165) is 33.6 Å². The number of hydrogen-bond donors (Lipinski definition) is 1. The highest BCUT2D eigenvalue weighted by atomic mass is 16.5. The first-order valence-corrected chi connectivity index (χ1v) is 12.4. The van der Waals surface area contributed by atoms with Crippen LogP contribution in [0.4, 0.5) is 11.5 Å². The lowest BCUT2D eigenvalue weighted by Gasteiger charge is -2.31. The molecule has 1 aliphatic rings. The molecule has 3 heterocycles. The van der Waals surface area contributed by atoms with Crippen molar-refractivity contribution in [2.45, 2.75) is 32.8 Å². The Hall–Kier alpha value is -4.60. The van der Waals surface area contributed by atoms with E-state index >= 15 is 0 Å². The number of rotatable bonds is 8. The molecule has 1 fully saturated rings. The number of likely N-dealkylation sites (tertiary alicyclic amines) is 1. The molecule has 4 aromatic rings. The van der Waals surface area contributed by atoms with E-state index in [2.05, 4.69) is 25.4 Å². The molecular formula is C28H28N6O4. The molecule has 0 spiro atoms. The van der Waals surface area contributed by atoms with E-state index in [1.165, 1.54) is 6.33 Å². The van der Waals surface area contributed by atoms with Crippen LogP contribution in [0.5, 0.6) is 17.2 Å². The number of nitroso groups, excluding NO2 is 1. The summed E-state index contributed by atoms with van der Waals surface area (Å²) in [7, 11) is 0. The number of amides is 1. The first-order valence-electron chi connectivity index (χ1n) is 12.4. The third-order valence-corrected chi connectivity index (χ3v) is 6.45. The molecule has 10 heteroatoms. The third-order valence-electron chi connectivity index (χ3n) is 6.45. The maximum absolute atomic E-state index is 11.9. The molecule has 5 rings (SSSR count). The van der Waals surface area contributed by atoms with Crippen molar-refractivity contribution < 1.29 is 14.3 Å². The Morgan fingerprint density at radius 1 is 1.03 bits per heavy atom. The van der Waals surface area contributed by atoms with Gasteiger partial charge in [-0.15, -0.1) is 0 Å². The molecule has 2 aromatic heterocycles. The molecule has 0 saturated carbocycles. The number of nitrogens with one attached hydrogen (secondary N) is 1. The molecule has 194 valence electrons. The highest BCUT2D eigenvalue weighted by Gasteiger charge is 2.24. The van der Waals surface area contributed by atoms with E-state index in [1.807, 2.05) is 62.4 Å². The van der Waals surface area contributed by atoms with Gasteiger partial charge in [0.1, 0.15) is 35.5 Å². The van der Waals surface area contributed by atoms with Crippen molar-refractivity contribution in [1.82, 2.24) is 19.9 Å². The summed E-state index contributed by atoms with van der Waals surface area (Å²) < 4.78 is 12.2. The average molecular weight is 513 g/mol. The molecule has 0 unspecified atom stereocenters. The zero-order valence-corrected chi connectivity index (χ0v) is 21.3. The average Bonchev–Trinajstić information content (AvgIpc) is 2.92. The summed E-state index contributed by atoms with van der Waals surface area (Å²) in [5, 5.41) is 6.92. The summed E-state index contributed by atoms with van der Waals surface area (Å²) in [5.41, 5.74) is 3.56. The standard InChI is InChI=1S/C28H28N6O4/c1-18-13-20(4-8-26(18)38-23-5-3-19(2)29-15-23)33-28-24-14-22(6-7-25(24)30-17-31-28)37-21-9-11-34(12-10-21)27(35)16-32-36/h3-8,13-15,17,21H,9-12,16H2,1-2H3,(H,30,31,33). The number of aryl methyl sites for hydroxylation is 2. The van der Waals surface area contributed by atoms with Crippen LogP contribution in [0.2, 0.25) is 0 Å². The predicted octanol–water partition coefficient (Wildman–Crippen LogP) is 5.31. The van der Waals surface area contributed by atoms with Gasteiger partial charge in [0.15, 0.2) is 6.54 Å². The number of ether oxygens (including phenoxy) is 2. The summed E-state index contributed by atoms with van der Waals surface area (Å²) in [6.07, 6.45) is 4.58. The van der Waals surface area contributed by atoms with Crippen LogP contribution < -0.4 is 14.8 Å². The number of fused-ring (bicyclic) bond motifs is 1. The van der Waals surface area contributed by atoms with E-state index in [1.54, 1.807) is 11.1 Å². The SMILES string of the molecule is Cc1ccc(Oc2ccc(Nc3ncnc4ccc(OC5CCN(C(=O)CN=O)CC5)cc34)cc2C)cn1. The quantitative estimate of drug-likeness (QED) is 0.315. The Kier molecular flexibility index (Phi) is 7.39. The fourth-order valence-corrected chi connectivity index (χ4v) is 4.40. The van der Waals surface area contributed by atoms with Crippen molar-refractivity contribution in [2.75, 3.05) is 25.0 Å². The lowest BCUT2D eigenvalue weighted by atomic mass is 10.1. The second-order valence-corrected chi connectivity index (χ2v) is 9.23. The molecule has 0 bridgehead atoms. The summed E-state index contributed by atoms with van der Waals surface area (Å²) >= 11 is 0. The van der Waals surface area contributed by atoms with Gasteiger partial charge in [0.05, 0.1) is 11.7 Å². The minimum absolute atomic E-state index is 0.0272. The Balaban J connectivity index is 1.28. The number of carbonyl (C=O) groups is 1. The number of nitrogens with zero attached hydrogens (tertiary/aromatic N) is 5. The van der Waals surface area contributed by atoms with Crippen LogP contribution in [0.25, 0.3) is 10.9 Å². The van der Waals surface area contributed by atoms with Gasteiger partial charge in [-0.25, -0.2) is 9.97 Å². The van der Waals surface area contributed by atoms with Crippen molar-refractivity contribution in [3.05, 3.63) is 77.2 Å². The molecule has 0 atom stereocenters. The first-order chi connectivity index (χ1) is 18.5. The first kappa shape index (κ1) is 25.1. The van der Waals surface area contributed by atoms with Crippen LogP contribution in [0.3, 0.4) is 0 Å². The molecule has 1 N–H and O–H groups in total. The highest BCUT2D eigenvalue weighted by molar-refractivity contribution is 5.91. The smallest absolute Gasteiger partial charge is 0.247 e. The van der Waals surface area contributed by atoms with E-state index in [4.69, 9.17) is 9.47 Å². The zero-order chi connectivity index (χ0) is 26.5. The van der Waals surface area contributed by atoms with Crippen LogP contribution in [0.15, 0.2) is 66.2 Å². The molecule has 0 radical (unpaired) electrons. The number of carbonyl (C=O) groups excluding carboxylic acids is 1. The van der Waals surface area contributed by atoms with Crippen LogP contribution in [0.1, 0.15) is 24.1 Å². The van der Waals surface area contributed by atoms with Crippen molar-refractivity contribution in [3.63, 3.8) is 0 Å². The number of hydrogen-bond acceptors (Lipinski definition) is 9. The second-order valence-electron chi connectivity index (χ2n) is 9.23. The molecule has 1 saturated heterocycles. The van der Waals surface area contributed by atoms with Gasteiger partial charge < -0.3 is 19.7 Å². The Bertz CT molecular complexity index is 1450. The largest absolute Gasteiger partial charge is 0.490 e. The van der Waals surface area contributed by atoms with Gasteiger partial charge >= 0.3 is 0 Å². The molecule has 10 nitrogen and oxygen atoms in total. The Morgan fingerprint density at radius 2 is 1.84 bits per heavy atom. The maximum Gasteiger partial charge on any atom is 0.247 e. The summed E-state index contributed by atoms with van der Waals surface area (Å²) in [5.74, 6) is 2.57. The molecule has 1 aliphatic heterocycles. The van der Waals surface area contributed by atoms with Gasteiger partial charge in [0.25, 0.3) is 0 Å². The fourth-order valence-electron chi connectivity index (χ4n) is 4.40. The number of anilines is 2. The summed E-state index contributed by atoms with van der Waals surface area (Å²) in [4.78, 5) is 37.1. The van der Waals surface area contributed by atoms with Crippen molar-refractivity contribution >= 4 is 28.3 Å². The summed E-state index contributed by atoms with van der Waals surface area (Å²) in [6.45, 7) is 4.70. The maximum atomic E-state index is 11.9. The second kappa shape index (κ2) is 11.2. The van der Waals surface area contributed by atoms with Gasteiger partial charge in [-0.3, -0.25) is 9.78 Å². The lowest BCUT2D eigenvalue weighted by molar-refractivity contribution is -0.131. The lowest BCUT2D eigenvalue weighted by Crippen LogP contribution is -2.42. The molecule has 38 heavy (non-hydrogen) atoms. The Morgan fingerprint density at radius 3 is 2.58 bits per heavy atom. The predicted molar refractivity (Wildman–Crippen MR) is 144 cm³/mol. The third kappa shape index (κ3) is 5.86. The Labute approximate surface area is 220 Å². The van der Waals surface area contributed by atoms with Crippen molar-refractivity contribution in [2.24, 2.45) is 5.18 Å². The summed E-state index contributed by atoms with van der Waals surface area (Å²) in [6, 6.07) is 15.4. The van der Waals surface area contributed by atoms with Crippen LogP contribution >= 0.6 is 0 Å². The molecule has 1 amide bonds. The van der Waals surface area contributed by atoms with Crippen LogP contribution in [-0.2, 0) is 4.79 Å². The van der Waals surface area contributed by atoms with E-state index < -0.39 is 0 Å². The molecule has 2 aromatic carbocycles. The van der Waals surface area contributed by atoms with Crippen LogP contribution in [-0.4, -0.2) is 51.5 Å². The number of aromatic nitrogens is 3. The van der Waals surface area contributed by atoms with E-state index in [-0.39, 0.29) is 18.6 Å². The zero-order valence-electron chi connectivity index (χ0n) is 21.3. The molecule has 0 aliphatic carbocycles. The van der Waals surface area contributed by atoms with Crippen molar-refractivity contribution in [3.8, 4) is 17.2 Å². The fraction of sp³-hybridized carbons (Fsp3) is 0.286. The minimum Gasteiger partial charge on any atom is -0.490 e. The topological polar surface area (TPSA) is 119 Å². The van der Waals surface area contributed by atoms with Gasteiger partial charge in [-0.2, -0.15) is 4.91 Å². The van der Waals surface area contributed by atoms with Gasteiger partial charge in [-0.05, 0) is 67.9 Å². The monoisotopic (exact) mass is 512 g/mol. The number of benzene rings is 2. The number of pyridine rings is 1. The number of piperidine rings is 1. The van der Waals surface area contributed by atoms with Gasteiger partial charge in [-0.1, -0.05) is 5.18 Å². The van der Waals surface area contributed by atoms with E-state index in [9.17, 15) is 9.70 Å². The van der Waals surface area contributed by atoms with E-state index in [0.29, 0.717) is 43.2 Å². The molecular weight excluding hydrogens is 484 g/mol. The minimum atomic E-state index is -0.314. The van der Waals surface area contributed by atoms with Crippen LogP contribution in [0, 0.1) is 18.8 Å².